The van der Waals surface area contributed by atoms with Crippen molar-refractivity contribution < 1.29 is 22.4 Å². The molecule has 7 nitrogen and oxygen atoms in total. The molecule has 2 aromatic rings. The topological polar surface area (TPSA) is 80.5 Å². The average molecular weight is 494 g/mol. The summed E-state index contributed by atoms with van der Waals surface area (Å²) in [4.78, 5) is 30.6. The Labute approximate surface area is 199 Å². The molecule has 0 unspecified atom stereocenters. The van der Waals surface area contributed by atoms with Crippen LogP contribution < -0.4 is 21.1 Å². The van der Waals surface area contributed by atoms with Crippen molar-refractivity contribution >= 4 is 22.9 Å². The molecule has 1 atom stereocenters. The average Bonchev–Trinajstić information content (AvgIpc) is 2.83. The van der Waals surface area contributed by atoms with Gasteiger partial charge in [0.2, 0.25) is 5.56 Å². The Bertz CT molecular complexity index is 1210. The van der Waals surface area contributed by atoms with Gasteiger partial charge in [0.25, 0.3) is 12.3 Å². The van der Waals surface area contributed by atoms with E-state index < -0.39 is 40.7 Å². The summed E-state index contributed by atoms with van der Waals surface area (Å²) in [6.45, 7) is 4.50. The lowest BCUT2D eigenvalue weighted by atomic mass is 9.97. The predicted molar refractivity (Wildman–Crippen MR) is 126 cm³/mol. The molecule has 35 heavy (non-hydrogen) atoms. The van der Waals surface area contributed by atoms with E-state index in [-0.39, 0.29) is 23.0 Å². The molecule has 0 aliphatic carbocycles. The van der Waals surface area contributed by atoms with Crippen molar-refractivity contribution in [2.75, 3.05) is 50.0 Å². The zero-order valence-corrected chi connectivity index (χ0v) is 19.4. The number of aromatic amines is 1. The molecule has 1 saturated heterocycles. The van der Waals surface area contributed by atoms with Crippen molar-refractivity contribution in [2.45, 2.75) is 25.8 Å². The number of pyridine rings is 1. The number of hydrogen-bond acceptors (Lipinski definition) is 5. The predicted octanol–water partition coefficient (Wildman–Crippen LogP) is 3.36. The van der Waals surface area contributed by atoms with Crippen LogP contribution in [0.2, 0.25) is 0 Å². The monoisotopic (exact) mass is 493 g/mol. The molecule has 1 aromatic heterocycles. The SMILES string of the molecule is C[C@H]1CN(c2cc(F)c(C3=CCNCC3)c(F)c2NC(=O)c2c[nH]c(=O)cc2C(F)F)CCN1C. The number of likely N-dealkylation sites (N-methyl/N-ethyl adjacent to an activating group) is 1. The van der Waals surface area contributed by atoms with Gasteiger partial charge in [0, 0.05) is 56.1 Å². The van der Waals surface area contributed by atoms with E-state index >= 15 is 8.78 Å². The number of rotatable bonds is 5. The molecule has 0 bridgehead atoms. The number of amides is 1. The van der Waals surface area contributed by atoms with E-state index in [1.165, 1.54) is 6.07 Å². The number of alkyl halides is 2. The maximum Gasteiger partial charge on any atom is 0.264 e. The summed E-state index contributed by atoms with van der Waals surface area (Å²) in [5.74, 6) is -2.75. The quantitative estimate of drug-likeness (QED) is 0.557. The maximum absolute atomic E-state index is 15.9. The second-order valence-electron chi connectivity index (χ2n) is 8.82. The van der Waals surface area contributed by atoms with E-state index in [0.29, 0.717) is 50.8 Å². The molecule has 0 saturated carbocycles. The molecule has 1 fully saturated rings. The van der Waals surface area contributed by atoms with Crippen molar-refractivity contribution in [3.8, 4) is 0 Å². The molecule has 1 amide bonds. The van der Waals surface area contributed by atoms with E-state index in [0.717, 1.165) is 6.20 Å². The number of anilines is 2. The van der Waals surface area contributed by atoms with Crippen LogP contribution in [-0.2, 0) is 0 Å². The summed E-state index contributed by atoms with van der Waals surface area (Å²) in [7, 11) is 1.95. The van der Waals surface area contributed by atoms with Gasteiger partial charge < -0.3 is 25.4 Å². The van der Waals surface area contributed by atoms with Crippen LogP contribution in [0.25, 0.3) is 5.57 Å². The van der Waals surface area contributed by atoms with Crippen LogP contribution in [0.4, 0.5) is 28.9 Å². The van der Waals surface area contributed by atoms with Gasteiger partial charge in [0.15, 0.2) is 5.82 Å². The summed E-state index contributed by atoms with van der Waals surface area (Å²) in [6, 6.07) is 1.90. The van der Waals surface area contributed by atoms with Gasteiger partial charge in [-0.2, -0.15) is 0 Å². The third-order valence-electron chi connectivity index (χ3n) is 6.56. The fourth-order valence-electron chi connectivity index (χ4n) is 4.43. The minimum Gasteiger partial charge on any atom is -0.367 e. The van der Waals surface area contributed by atoms with Crippen molar-refractivity contribution in [2.24, 2.45) is 0 Å². The number of carbonyl (C=O) groups excluding carboxylic acids is 1. The van der Waals surface area contributed by atoms with E-state index in [2.05, 4.69) is 20.5 Å². The minimum atomic E-state index is -3.09. The molecule has 3 N–H and O–H groups in total. The third-order valence-corrected chi connectivity index (χ3v) is 6.56. The highest BCUT2D eigenvalue weighted by atomic mass is 19.3. The Morgan fingerprint density at radius 3 is 2.66 bits per heavy atom. The van der Waals surface area contributed by atoms with Crippen molar-refractivity contribution in [3.63, 3.8) is 0 Å². The van der Waals surface area contributed by atoms with Crippen LogP contribution in [0.3, 0.4) is 0 Å². The molecule has 4 rings (SSSR count). The number of aromatic nitrogens is 1. The summed E-state index contributed by atoms with van der Waals surface area (Å²) in [5.41, 5.74) is -2.00. The number of nitrogens with zero attached hydrogens (tertiary/aromatic N) is 2. The molecular weight excluding hydrogens is 466 g/mol. The maximum atomic E-state index is 15.9. The lowest BCUT2D eigenvalue weighted by molar-refractivity contribution is 0.101. The standard InChI is InChI=1S/C24H27F4N5O2/c1-13-12-33(8-7-32(13)2)18-10-17(25)20(14-3-5-29-6-4-14)21(26)22(18)31-24(35)16-11-30-19(34)9-15(16)23(27)28/h3,9-11,13,23,29H,4-8,12H2,1-2H3,(H,30,34)(H,31,35)/t13-/m0/s1. The smallest absolute Gasteiger partial charge is 0.264 e. The van der Waals surface area contributed by atoms with E-state index in [9.17, 15) is 18.4 Å². The summed E-state index contributed by atoms with van der Waals surface area (Å²) < 4.78 is 58.3. The highest BCUT2D eigenvalue weighted by Crippen LogP contribution is 2.38. The number of halogens is 4. The Morgan fingerprint density at radius 2 is 2.00 bits per heavy atom. The lowest BCUT2D eigenvalue weighted by Gasteiger charge is -2.40. The third kappa shape index (κ3) is 5.10. The number of piperazine rings is 1. The molecule has 11 heteroatoms. The fourth-order valence-corrected chi connectivity index (χ4v) is 4.43. The second kappa shape index (κ2) is 10.2. The summed E-state index contributed by atoms with van der Waals surface area (Å²) in [6.07, 6.45) is -0.148. The van der Waals surface area contributed by atoms with Crippen molar-refractivity contribution in [1.29, 1.82) is 0 Å². The Hall–Kier alpha value is -3.18. The van der Waals surface area contributed by atoms with Crippen LogP contribution in [0, 0.1) is 11.6 Å². The van der Waals surface area contributed by atoms with Gasteiger partial charge in [-0.15, -0.1) is 0 Å². The molecule has 0 spiro atoms. The van der Waals surface area contributed by atoms with Crippen LogP contribution in [0.5, 0.6) is 0 Å². The molecule has 3 heterocycles. The highest BCUT2D eigenvalue weighted by molar-refractivity contribution is 6.07. The first kappa shape index (κ1) is 24.9. The van der Waals surface area contributed by atoms with Gasteiger partial charge in [-0.3, -0.25) is 9.59 Å². The minimum absolute atomic E-state index is 0.0786. The first-order valence-corrected chi connectivity index (χ1v) is 11.4. The summed E-state index contributed by atoms with van der Waals surface area (Å²) in [5, 5.41) is 5.49. The van der Waals surface area contributed by atoms with Crippen molar-refractivity contribution in [3.05, 3.63) is 63.1 Å². The Balaban J connectivity index is 1.81. The van der Waals surface area contributed by atoms with E-state index in [4.69, 9.17) is 0 Å². The number of hydrogen-bond donors (Lipinski definition) is 3. The molecule has 2 aliphatic rings. The highest BCUT2D eigenvalue weighted by Gasteiger charge is 2.30. The Kier molecular flexibility index (Phi) is 7.27. The van der Waals surface area contributed by atoms with Crippen LogP contribution >= 0.6 is 0 Å². The molecule has 188 valence electrons. The zero-order valence-electron chi connectivity index (χ0n) is 19.4. The van der Waals surface area contributed by atoms with Crippen LogP contribution in [0.15, 0.2) is 29.2 Å². The van der Waals surface area contributed by atoms with E-state index in [1.54, 1.807) is 11.0 Å². The van der Waals surface area contributed by atoms with Crippen LogP contribution in [-0.4, -0.2) is 61.6 Å². The van der Waals surface area contributed by atoms with E-state index in [1.807, 2.05) is 14.0 Å². The first-order chi connectivity index (χ1) is 16.7. The number of carbonyl (C=O) groups is 1. The molecule has 1 aromatic carbocycles. The number of nitrogens with one attached hydrogen (secondary N) is 3. The van der Waals surface area contributed by atoms with Gasteiger partial charge in [-0.25, -0.2) is 17.6 Å². The summed E-state index contributed by atoms with van der Waals surface area (Å²) >= 11 is 0. The second-order valence-corrected chi connectivity index (χ2v) is 8.82. The number of benzene rings is 1. The van der Waals surface area contributed by atoms with Crippen molar-refractivity contribution in [1.82, 2.24) is 15.2 Å². The van der Waals surface area contributed by atoms with Gasteiger partial charge in [0.05, 0.1) is 16.8 Å². The normalized spacial score (nSPS) is 19.1. The molecule has 0 radical (unpaired) electrons. The van der Waals surface area contributed by atoms with Crippen LogP contribution in [0.1, 0.15) is 41.3 Å². The first-order valence-electron chi connectivity index (χ1n) is 11.4. The molecule has 2 aliphatic heterocycles. The lowest BCUT2D eigenvalue weighted by Crippen LogP contribution is -2.50. The zero-order chi connectivity index (χ0) is 25.3. The van der Waals surface area contributed by atoms with Gasteiger partial charge in [0.1, 0.15) is 11.5 Å². The van der Waals surface area contributed by atoms with Gasteiger partial charge in [-0.05, 0) is 32.5 Å². The van der Waals surface area contributed by atoms with Gasteiger partial charge in [-0.1, -0.05) is 6.08 Å². The molecular formula is C24H27F4N5O2. The Morgan fingerprint density at radius 1 is 1.23 bits per heavy atom. The van der Waals surface area contributed by atoms with Gasteiger partial charge >= 0.3 is 0 Å². The largest absolute Gasteiger partial charge is 0.367 e. The fraction of sp³-hybridized carbons (Fsp3) is 0.417. The number of H-pyrrole nitrogens is 1.